The maximum atomic E-state index is 10.5. The molecular formula is C13H9Cl2NO3. The molecule has 0 amide bonds. The second-order valence-corrected chi connectivity index (χ2v) is 4.49. The summed E-state index contributed by atoms with van der Waals surface area (Å²) in [6, 6.07) is 8.50. The first-order chi connectivity index (χ1) is 9.06. The van der Waals surface area contributed by atoms with E-state index in [1.807, 2.05) is 0 Å². The van der Waals surface area contributed by atoms with Gasteiger partial charge < -0.3 is 9.25 Å². The van der Waals surface area contributed by atoms with Crippen LogP contribution in [0.15, 0.2) is 39.9 Å². The van der Waals surface area contributed by atoms with Gasteiger partial charge >= 0.3 is 5.97 Å². The van der Waals surface area contributed by atoms with Crippen LogP contribution in [-0.4, -0.2) is 12.2 Å². The van der Waals surface area contributed by atoms with E-state index in [0.29, 0.717) is 27.1 Å². The van der Waals surface area contributed by atoms with Crippen molar-refractivity contribution in [2.24, 2.45) is 5.16 Å². The molecule has 0 saturated carbocycles. The summed E-state index contributed by atoms with van der Waals surface area (Å²) >= 11 is 12.0. The molecule has 0 unspecified atom stereocenters. The third kappa shape index (κ3) is 3.59. The van der Waals surface area contributed by atoms with Crippen LogP contribution in [0.5, 0.6) is 0 Å². The fourth-order valence-corrected chi connectivity index (χ4v) is 1.79. The van der Waals surface area contributed by atoms with E-state index in [4.69, 9.17) is 27.6 Å². The van der Waals surface area contributed by atoms with E-state index in [-0.39, 0.29) is 0 Å². The molecule has 0 N–H and O–H groups in total. The van der Waals surface area contributed by atoms with Gasteiger partial charge in [0.2, 0.25) is 0 Å². The van der Waals surface area contributed by atoms with Gasteiger partial charge in [0.25, 0.3) is 0 Å². The molecule has 0 aliphatic carbocycles. The Morgan fingerprint density at radius 3 is 2.84 bits per heavy atom. The van der Waals surface area contributed by atoms with Crippen LogP contribution >= 0.6 is 23.2 Å². The lowest BCUT2D eigenvalue weighted by atomic mass is 10.2. The normalized spacial score (nSPS) is 10.9. The van der Waals surface area contributed by atoms with Gasteiger partial charge in [-0.15, -0.1) is 0 Å². The van der Waals surface area contributed by atoms with E-state index < -0.39 is 5.97 Å². The molecule has 0 radical (unpaired) electrons. The van der Waals surface area contributed by atoms with Crippen LogP contribution in [0.25, 0.3) is 11.3 Å². The van der Waals surface area contributed by atoms with Gasteiger partial charge in [-0.05, 0) is 30.3 Å². The van der Waals surface area contributed by atoms with Crippen molar-refractivity contribution in [1.82, 2.24) is 0 Å². The quantitative estimate of drug-likeness (QED) is 0.486. The van der Waals surface area contributed by atoms with E-state index in [0.717, 1.165) is 0 Å². The molecule has 0 aliphatic heterocycles. The molecule has 1 heterocycles. The van der Waals surface area contributed by atoms with Gasteiger partial charge in [0.15, 0.2) is 0 Å². The van der Waals surface area contributed by atoms with Crippen LogP contribution in [0.1, 0.15) is 12.7 Å². The fourth-order valence-electron chi connectivity index (χ4n) is 1.41. The second kappa shape index (κ2) is 5.91. The predicted molar refractivity (Wildman–Crippen MR) is 73.5 cm³/mol. The summed E-state index contributed by atoms with van der Waals surface area (Å²) in [5.74, 6) is 0.491. The largest absolute Gasteiger partial charge is 0.455 e. The summed E-state index contributed by atoms with van der Waals surface area (Å²) in [6.07, 6.45) is 1.29. The van der Waals surface area contributed by atoms with Crippen LogP contribution in [-0.2, 0) is 9.63 Å². The van der Waals surface area contributed by atoms with Gasteiger partial charge in [-0.25, -0.2) is 4.79 Å². The number of carbonyl (C=O) groups excluding carboxylic acids is 1. The number of furan rings is 1. The number of hydrogen-bond donors (Lipinski definition) is 0. The van der Waals surface area contributed by atoms with E-state index in [2.05, 4.69) is 9.99 Å². The van der Waals surface area contributed by atoms with Crippen LogP contribution in [0, 0.1) is 0 Å². The molecule has 19 heavy (non-hydrogen) atoms. The molecule has 2 aromatic rings. The highest BCUT2D eigenvalue weighted by atomic mass is 35.5. The Morgan fingerprint density at radius 1 is 1.32 bits per heavy atom. The van der Waals surface area contributed by atoms with Crippen LogP contribution in [0.2, 0.25) is 10.0 Å². The summed E-state index contributed by atoms with van der Waals surface area (Å²) in [5, 5.41) is 4.55. The number of oxime groups is 1. The van der Waals surface area contributed by atoms with Crippen LogP contribution < -0.4 is 0 Å². The van der Waals surface area contributed by atoms with Crippen molar-refractivity contribution in [3.63, 3.8) is 0 Å². The van der Waals surface area contributed by atoms with Gasteiger partial charge in [0.1, 0.15) is 17.7 Å². The standard InChI is InChI=1S/C13H9Cl2NO3/c1-8(17)19-16-7-10-3-5-13(18-10)11-6-9(14)2-4-12(11)15/h2-7H,1H3/b16-7+. The van der Waals surface area contributed by atoms with Crippen LogP contribution in [0.4, 0.5) is 0 Å². The third-order valence-corrected chi connectivity index (χ3v) is 2.75. The molecule has 0 atom stereocenters. The highest BCUT2D eigenvalue weighted by Crippen LogP contribution is 2.31. The van der Waals surface area contributed by atoms with Gasteiger partial charge in [-0.3, -0.25) is 0 Å². The number of halogens is 2. The maximum Gasteiger partial charge on any atom is 0.331 e. The van der Waals surface area contributed by atoms with Crippen molar-refractivity contribution in [3.05, 3.63) is 46.1 Å². The summed E-state index contributed by atoms with van der Waals surface area (Å²) in [4.78, 5) is 15.0. The first-order valence-corrected chi connectivity index (χ1v) is 6.08. The summed E-state index contributed by atoms with van der Waals surface area (Å²) in [7, 11) is 0. The van der Waals surface area contributed by atoms with Crippen molar-refractivity contribution in [3.8, 4) is 11.3 Å². The molecular weight excluding hydrogens is 289 g/mol. The van der Waals surface area contributed by atoms with Crippen molar-refractivity contribution in [1.29, 1.82) is 0 Å². The number of rotatable bonds is 3. The SMILES string of the molecule is CC(=O)O/N=C/c1ccc(-c2cc(Cl)ccc2Cl)o1. The summed E-state index contributed by atoms with van der Waals surface area (Å²) < 4.78 is 5.50. The fraction of sp³-hybridized carbons (Fsp3) is 0.0769. The van der Waals surface area contributed by atoms with Crippen LogP contribution in [0.3, 0.4) is 0 Å². The highest BCUT2D eigenvalue weighted by Gasteiger charge is 2.08. The summed E-state index contributed by atoms with van der Waals surface area (Å²) in [5.41, 5.74) is 0.682. The predicted octanol–water partition coefficient (Wildman–Crippen LogP) is 4.15. The average Bonchev–Trinajstić information content (AvgIpc) is 2.80. The molecule has 6 heteroatoms. The third-order valence-electron chi connectivity index (χ3n) is 2.18. The van der Waals surface area contributed by atoms with Gasteiger partial charge in [-0.2, -0.15) is 0 Å². The van der Waals surface area contributed by atoms with Gasteiger partial charge in [-0.1, -0.05) is 28.4 Å². The van der Waals surface area contributed by atoms with Crippen molar-refractivity contribution in [2.75, 3.05) is 0 Å². The lowest BCUT2D eigenvalue weighted by molar-refractivity contribution is -0.140. The van der Waals surface area contributed by atoms with Crippen molar-refractivity contribution < 1.29 is 14.0 Å². The highest BCUT2D eigenvalue weighted by molar-refractivity contribution is 6.35. The van der Waals surface area contributed by atoms with Crippen molar-refractivity contribution >= 4 is 35.4 Å². The first-order valence-electron chi connectivity index (χ1n) is 5.32. The van der Waals surface area contributed by atoms with Crippen molar-refractivity contribution in [2.45, 2.75) is 6.92 Å². The molecule has 0 aliphatic rings. The number of hydrogen-bond acceptors (Lipinski definition) is 4. The topological polar surface area (TPSA) is 51.8 Å². The number of carbonyl (C=O) groups is 1. The molecule has 4 nitrogen and oxygen atoms in total. The smallest absolute Gasteiger partial charge is 0.331 e. The minimum Gasteiger partial charge on any atom is -0.455 e. The molecule has 0 bridgehead atoms. The van der Waals surface area contributed by atoms with Gasteiger partial charge in [0.05, 0.1) is 5.02 Å². The van der Waals surface area contributed by atoms with Gasteiger partial charge in [0, 0.05) is 17.5 Å². The average molecular weight is 298 g/mol. The lowest BCUT2D eigenvalue weighted by Gasteiger charge is -2.00. The molecule has 0 spiro atoms. The van der Waals surface area contributed by atoms with E-state index in [1.165, 1.54) is 13.1 Å². The molecule has 98 valence electrons. The lowest BCUT2D eigenvalue weighted by Crippen LogP contribution is -1.90. The molecule has 1 aromatic heterocycles. The first kappa shape index (κ1) is 13.6. The zero-order valence-electron chi connectivity index (χ0n) is 9.89. The Labute approximate surface area is 119 Å². The Morgan fingerprint density at radius 2 is 2.11 bits per heavy atom. The minimum atomic E-state index is -0.499. The van der Waals surface area contributed by atoms with E-state index >= 15 is 0 Å². The molecule has 1 aromatic carbocycles. The Kier molecular flexibility index (Phi) is 4.24. The molecule has 0 fully saturated rings. The van der Waals surface area contributed by atoms with E-state index in [9.17, 15) is 4.79 Å². The number of nitrogens with zero attached hydrogens (tertiary/aromatic N) is 1. The summed E-state index contributed by atoms with van der Waals surface area (Å²) in [6.45, 7) is 1.26. The second-order valence-electron chi connectivity index (χ2n) is 3.64. The Hall–Kier alpha value is -1.78. The van der Waals surface area contributed by atoms with E-state index in [1.54, 1.807) is 30.3 Å². The molecule has 2 rings (SSSR count). The minimum absolute atomic E-state index is 0.437. The monoisotopic (exact) mass is 297 g/mol. The number of benzene rings is 1. The zero-order chi connectivity index (χ0) is 13.8. The Bertz CT molecular complexity index is 635. The maximum absolute atomic E-state index is 10.5. The zero-order valence-corrected chi connectivity index (χ0v) is 11.4. The molecule has 0 saturated heterocycles. The Balaban J connectivity index is 2.23.